The monoisotopic (exact) mass is 634 g/mol. The van der Waals surface area contributed by atoms with Crippen molar-refractivity contribution in [3.05, 3.63) is 61.2 Å². The Hall–Kier alpha value is -4.68. The normalized spacial score (nSPS) is 25.2. The summed E-state index contributed by atoms with van der Waals surface area (Å²) in [4.78, 5) is 64.2. The lowest BCUT2D eigenvalue weighted by Gasteiger charge is -2.35. The van der Waals surface area contributed by atoms with E-state index in [-0.39, 0.29) is 25.5 Å². The smallest absolute Gasteiger partial charge is 0.408 e. The number of aliphatic carboxylic acids is 1. The number of nitrogens with one attached hydrogen (secondary N) is 2. The number of amides is 3. The van der Waals surface area contributed by atoms with Crippen LogP contribution in [0.4, 0.5) is 4.79 Å². The Morgan fingerprint density at radius 3 is 2.54 bits per heavy atom. The predicted molar refractivity (Wildman–Crippen MR) is 168 cm³/mol. The Labute approximate surface area is 268 Å². The highest BCUT2D eigenvalue weighted by atomic mass is 16.6. The topological polar surface area (TPSA) is 164 Å². The van der Waals surface area contributed by atoms with Gasteiger partial charge in [0, 0.05) is 30.3 Å². The predicted octanol–water partition coefficient (Wildman–Crippen LogP) is 3.42. The number of carboxylic acid groups (broad SMARTS) is 1. The molecule has 0 unspecified atom stereocenters. The van der Waals surface area contributed by atoms with Crippen molar-refractivity contribution in [2.45, 2.75) is 89.1 Å². The first kappa shape index (κ1) is 32.7. The Morgan fingerprint density at radius 1 is 1.17 bits per heavy atom. The van der Waals surface area contributed by atoms with Crippen molar-refractivity contribution in [2.75, 3.05) is 6.54 Å². The molecule has 3 amide bonds. The quantitative estimate of drug-likeness (QED) is 0.192. The second kappa shape index (κ2) is 13.4. The van der Waals surface area contributed by atoms with Crippen molar-refractivity contribution in [3.63, 3.8) is 0 Å². The van der Waals surface area contributed by atoms with Gasteiger partial charge in [-0.25, -0.2) is 14.6 Å². The van der Waals surface area contributed by atoms with Gasteiger partial charge in [-0.3, -0.25) is 9.59 Å². The van der Waals surface area contributed by atoms with Gasteiger partial charge in [-0.2, -0.15) is 0 Å². The molecule has 5 atom stereocenters. The second-order valence-electron chi connectivity index (χ2n) is 13.3. The molecule has 3 aliphatic rings. The van der Waals surface area contributed by atoms with Crippen LogP contribution in [0.2, 0.25) is 0 Å². The number of rotatable bonds is 11. The third-order valence-corrected chi connectivity index (χ3v) is 8.95. The number of hydrogen-bond acceptors (Lipinski definition) is 8. The minimum absolute atomic E-state index is 0.00564. The van der Waals surface area contributed by atoms with Gasteiger partial charge in [0.05, 0.1) is 24.8 Å². The van der Waals surface area contributed by atoms with Gasteiger partial charge in [0.2, 0.25) is 11.8 Å². The summed E-state index contributed by atoms with van der Waals surface area (Å²) in [7, 11) is 0. The summed E-state index contributed by atoms with van der Waals surface area (Å²) in [5.74, 6) is -2.72. The van der Waals surface area contributed by atoms with E-state index in [4.69, 9.17) is 9.57 Å². The molecule has 0 spiro atoms. The minimum Gasteiger partial charge on any atom is -0.479 e. The standard InChI is InChI=1S/C33H42N6O7/c1-5-22-17-33(22,30(42)43)37-28(40)26-16-24(46-35-18-21-10-6-9-13-25(21)38-15-14-34-20-38)19-39(26)29(41)27(32(2,3)4)36-31(44)45-23-11-7-8-12-23/h5-6,9-10,13-15,18,20,22-24,26-27H,1,7-8,11-12,16-17,19H2,2-4H3,(H,36,44)(H,37,40)(H,42,43)/b35-18+/t22-,24-,26+,27-,33+/m1/s1. The van der Waals surface area contributed by atoms with E-state index in [1.807, 2.05) is 49.6 Å². The van der Waals surface area contributed by atoms with Crippen LogP contribution in [0, 0.1) is 11.3 Å². The van der Waals surface area contributed by atoms with E-state index < -0.39 is 58.9 Å². The highest BCUT2D eigenvalue weighted by Gasteiger charge is 2.61. The number of nitrogens with zero attached hydrogens (tertiary/aromatic N) is 4. The molecule has 3 N–H and O–H groups in total. The number of oxime groups is 1. The molecule has 46 heavy (non-hydrogen) atoms. The molecule has 13 nitrogen and oxygen atoms in total. The number of imidazole rings is 1. The number of carboxylic acids is 1. The number of carbonyl (C=O) groups excluding carboxylic acids is 3. The first-order valence-electron chi connectivity index (χ1n) is 15.6. The number of ether oxygens (including phenoxy) is 1. The molecule has 0 radical (unpaired) electrons. The molecule has 246 valence electrons. The summed E-state index contributed by atoms with van der Waals surface area (Å²) in [6.45, 7) is 9.11. The van der Waals surface area contributed by atoms with Gasteiger partial charge in [-0.15, -0.1) is 6.58 Å². The summed E-state index contributed by atoms with van der Waals surface area (Å²) >= 11 is 0. The second-order valence-corrected chi connectivity index (χ2v) is 13.3. The van der Waals surface area contributed by atoms with E-state index in [9.17, 15) is 24.3 Å². The van der Waals surface area contributed by atoms with Crippen LogP contribution in [0.3, 0.4) is 0 Å². The maximum absolute atomic E-state index is 14.2. The first-order chi connectivity index (χ1) is 21.9. The van der Waals surface area contributed by atoms with Crippen LogP contribution >= 0.6 is 0 Å². The van der Waals surface area contributed by atoms with E-state index in [1.165, 1.54) is 11.0 Å². The molecule has 2 heterocycles. The van der Waals surface area contributed by atoms with Crippen LogP contribution in [-0.2, 0) is 24.0 Å². The number of benzene rings is 1. The van der Waals surface area contributed by atoms with Crippen LogP contribution < -0.4 is 10.6 Å². The van der Waals surface area contributed by atoms with Crippen molar-refractivity contribution in [2.24, 2.45) is 16.5 Å². The van der Waals surface area contributed by atoms with Gasteiger partial charge in [-0.1, -0.05) is 50.2 Å². The van der Waals surface area contributed by atoms with Crippen LogP contribution in [0.1, 0.15) is 64.9 Å². The maximum Gasteiger partial charge on any atom is 0.408 e. The number of likely N-dealkylation sites (tertiary alicyclic amines) is 1. The van der Waals surface area contributed by atoms with Gasteiger partial charge in [0.15, 0.2) is 0 Å². The third-order valence-electron chi connectivity index (χ3n) is 8.95. The minimum atomic E-state index is -1.48. The molecule has 1 aromatic heterocycles. The number of hydrogen-bond donors (Lipinski definition) is 3. The lowest BCUT2D eigenvalue weighted by atomic mass is 9.85. The van der Waals surface area contributed by atoms with E-state index in [0.29, 0.717) is 0 Å². The molecular weight excluding hydrogens is 592 g/mol. The van der Waals surface area contributed by atoms with E-state index >= 15 is 0 Å². The lowest BCUT2D eigenvalue weighted by molar-refractivity contribution is -0.146. The van der Waals surface area contributed by atoms with Gasteiger partial charge in [0.25, 0.3) is 0 Å². The summed E-state index contributed by atoms with van der Waals surface area (Å²) < 4.78 is 7.41. The average molecular weight is 635 g/mol. The summed E-state index contributed by atoms with van der Waals surface area (Å²) in [6, 6.07) is 5.43. The van der Waals surface area contributed by atoms with Crippen molar-refractivity contribution < 1.29 is 33.9 Å². The molecule has 1 aliphatic heterocycles. The molecule has 13 heteroatoms. The molecule has 2 aromatic rings. The molecule has 3 fully saturated rings. The molecule has 2 aliphatic carbocycles. The lowest BCUT2D eigenvalue weighted by Crippen LogP contribution is -2.59. The zero-order valence-electron chi connectivity index (χ0n) is 26.4. The van der Waals surface area contributed by atoms with Crippen molar-refractivity contribution in [1.82, 2.24) is 25.1 Å². The summed E-state index contributed by atoms with van der Waals surface area (Å²) in [6.07, 6.45) is 10.4. The Morgan fingerprint density at radius 2 is 1.91 bits per heavy atom. The SMILES string of the molecule is C=C[C@@H]1C[C@@]1(NC(=O)[C@@H]1C[C@@H](O/N=C/c2ccccc2-n2ccnc2)CN1C(=O)[C@@H](NC(=O)OC1CCCC1)C(C)(C)C)C(=O)O. The fraction of sp³-hybridized carbons (Fsp3) is 0.515. The molecule has 1 aromatic carbocycles. The number of aromatic nitrogens is 2. The van der Waals surface area contributed by atoms with Gasteiger partial charge < -0.3 is 34.8 Å². The van der Waals surface area contributed by atoms with Crippen LogP contribution in [0.15, 0.2) is 60.8 Å². The van der Waals surface area contributed by atoms with Gasteiger partial charge in [-0.05, 0) is 43.6 Å². The molecule has 5 rings (SSSR count). The molecule has 2 saturated carbocycles. The molecule has 1 saturated heterocycles. The average Bonchev–Trinajstić information content (AvgIpc) is 3.50. The third kappa shape index (κ3) is 7.08. The maximum atomic E-state index is 14.2. The largest absolute Gasteiger partial charge is 0.479 e. The Kier molecular flexibility index (Phi) is 9.50. The van der Waals surface area contributed by atoms with Crippen molar-refractivity contribution in [3.8, 4) is 5.69 Å². The fourth-order valence-corrected chi connectivity index (χ4v) is 6.22. The fourth-order valence-electron chi connectivity index (χ4n) is 6.22. The van der Waals surface area contributed by atoms with Gasteiger partial charge >= 0.3 is 12.1 Å². The van der Waals surface area contributed by atoms with Crippen LogP contribution in [-0.4, -0.2) is 86.0 Å². The number of alkyl carbamates (subject to hydrolysis) is 1. The Balaban J connectivity index is 1.35. The number of para-hydroxylation sites is 1. The van der Waals surface area contributed by atoms with Crippen molar-refractivity contribution >= 4 is 30.1 Å². The summed E-state index contributed by atoms with van der Waals surface area (Å²) in [5.41, 5.74) is -0.634. The Bertz CT molecular complexity index is 1480. The van der Waals surface area contributed by atoms with E-state index in [1.54, 1.807) is 24.9 Å². The first-order valence-corrected chi connectivity index (χ1v) is 15.6. The van der Waals surface area contributed by atoms with Crippen molar-refractivity contribution in [1.29, 1.82) is 0 Å². The molecule has 0 bridgehead atoms. The zero-order valence-corrected chi connectivity index (χ0v) is 26.4. The molecular formula is C33H42N6O7. The van der Waals surface area contributed by atoms with Crippen LogP contribution in [0.5, 0.6) is 0 Å². The zero-order chi connectivity index (χ0) is 33.1. The van der Waals surface area contributed by atoms with E-state index in [0.717, 1.165) is 36.9 Å². The van der Waals surface area contributed by atoms with E-state index in [2.05, 4.69) is 27.4 Å². The van der Waals surface area contributed by atoms with Crippen LogP contribution in [0.25, 0.3) is 5.69 Å². The highest BCUT2D eigenvalue weighted by molar-refractivity contribution is 5.96. The highest BCUT2D eigenvalue weighted by Crippen LogP contribution is 2.45. The number of carbonyl (C=O) groups is 4. The summed E-state index contributed by atoms with van der Waals surface area (Å²) in [5, 5.41) is 19.5. The van der Waals surface area contributed by atoms with Gasteiger partial charge in [0.1, 0.15) is 29.8 Å².